The normalized spacial score (nSPS) is 15.0. The van der Waals surface area contributed by atoms with E-state index in [-0.39, 0.29) is 11.9 Å². The lowest BCUT2D eigenvalue weighted by atomic mass is 10.0. The number of piperidine rings is 1. The number of fused-ring (bicyclic) bond motifs is 1. The summed E-state index contributed by atoms with van der Waals surface area (Å²) >= 11 is 0. The molecule has 1 aliphatic rings. The Bertz CT molecular complexity index is 1090. The minimum atomic E-state index is 0.000655. The number of benzene rings is 2. The molecule has 1 saturated heterocycles. The molecule has 0 aliphatic carbocycles. The maximum absolute atomic E-state index is 13.1. The van der Waals surface area contributed by atoms with Crippen LogP contribution in [0.3, 0.4) is 0 Å². The highest BCUT2D eigenvalue weighted by Gasteiger charge is 2.23. The zero-order valence-electron chi connectivity index (χ0n) is 19.7. The van der Waals surface area contributed by atoms with E-state index in [1.807, 2.05) is 36.5 Å². The van der Waals surface area contributed by atoms with Gasteiger partial charge in [-0.25, -0.2) is 0 Å². The number of rotatable bonds is 9. The molecule has 4 rings (SSSR count). The molecule has 0 bridgehead atoms. The van der Waals surface area contributed by atoms with Crippen molar-refractivity contribution in [2.75, 3.05) is 41.0 Å². The van der Waals surface area contributed by atoms with Crippen molar-refractivity contribution in [1.82, 2.24) is 14.8 Å². The third-order valence-corrected chi connectivity index (χ3v) is 6.35. The Hall–Kier alpha value is -3.03. The van der Waals surface area contributed by atoms with Gasteiger partial charge in [-0.3, -0.25) is 9.69 Å². The van der Waals surface area contributed by atoms with Gasteiger partial charge in [0.2, 0.25) is 0 Å². The Morgan fingerprint density at radius 1 is 1.03 bits per heavy atom. The largest absolute Gasteiger partial charge is 0.493 e. The first-order chi connectivity index (χ1) is 16.1. The van der Waals surface area contributed by atoms with E-state index < -0.39 is 0 Å². The smallest absolute Gasteiger partial charge is 0.253 e. The van der Waals surface area contributed by atoms with Crippen LogP contribution in [0.1, 0.15) is 28.8 Å². The van der Waals surface area contributed by atoms with Gasteiger partial charge in [0.25, 0.3) is 5.91 Å². The molecule has 1 N–H and O–H groups in total. The van der Waals surface area contributed by atoms with E-state index in [1.165, 1.54) is 5.56 Å². The molecule has 1 aromatic heterocycles. The third kappa shape index (κ3) is 5.31. The van der Waals surface area contributed by atoms with Crippen LogP contribution in [0.15, 0.2) is 48.7 Å². The maximum Gasteiger partial charge on any atom is 0.253 e. The molecule has 0 spiro atoms. The second-order valence-corrected chi connectivity index (χ2v) is 8.46. The van der Waals surface area contributed by atoms with E-state index >= 15 is 0 Å². The average molecular weight is 452 g/mol. The highest BCUT2D eigenvalue weighted by Crippen LogP contribution is 2.28. The van der Waals surface area contributed by atoms with Crippen LogP contribution in [0.4, 0.5) is 0 Å². The summed E-state index contributed by atoms with van der Waals surface area (Å²) in [5.74, 6) is 1.49. The van der Waals surface area contributed by atoms with Crippen molar-refractivity contribution in [2.45, 2.75) is 32.0 Å². The summed E-state index contributed by atoms with van der Waals surface area (Å²) in [6.45, 7) is 4.06. The number of para-hydroxylation sites is 1. The fraction of sp³-hybridized carbons (Fsp3) is 0.423. The van der Waals surface area contributed by atoms with Crippen LogP contribution in [0.25, 0.3) is 10.9 Å². The number of hydrogen-bond donors (Lipinski definition) is 1. The molecule has 7 nitrogen and oxygen atoms in total. The SMILES string of the molecule is COCCn1cc(C(=O)NC2CCN(Cc3ccc(OC)c(OC)c3)CC2)c2ccccc21. The number of nitrogens with one attached hydrogen (secondary N) is 1. The number of methoxy groups -OCH3 is 3. The lowest BCUT2D eigenvalue weighted by Crippen LogP contribution is -2.44. The Morgan fingerprint density at radius 2 is 1.79 bits per heavy atom. The first-order valence-electron chi connectivity index (χ1n) is 11.4. The second kappa shape index (κ2) is 10.7. The van der Waals surface area contributed by atoms with Crippen molar-refractivity contribution in [1.29, 1.82) is 0 Å². The third-order valence-electron chi connectivity index (χ3n) is 6.35. The molecule has 2 heterocycles. The van der Waals surface area contributed by atoms with Gasteiger partial charge in [0.1, 0.15) is 0 Å². The molecule has 1 amide bonds. The topological polar surface area (TPSA) is 65.0 Å². The van der Waals surface area contributed by atoms with Gasteiger partial charge in [0, 0.05) is 56.4 Å². The van der Waals surface area contributed by atoms with E-state index in [2.05, 4.69) is 26.9 Å². The quantitative estimate of drug-likeness (QED) is 0.538. The van der Waals surface area contributed by atoms with Crippen molar-refractivity contribution >= 4 is 16.8 Å². The van der Waals surface area contributed by atoms with Crippen molar-refractivity contribution in [3.63, 3.8) is 0 Å². The molecule has 0 saturated carbocycles. The van der Waals surface area contributed by atoms with E-state index in [1.54, 1.807) is 21.3 Å². The molecule has 1 aliphatic heterocycles. The Balaban J connectivity index is 1.35. The Morgan fingerprint density at radius 3 is 2.52 bits per heavy atom. The van der Waals surface area contributed by atoms with Crippen LogP contribution in [0, 0.1) is 0 Å². The van der Waals surface area contributed by atoms with E-state index in [4.69, 9.17) is 14.2 Å². The molecule has 7 heteroatoms. The number of hydrogen-bond acceptors (Lipinski definition) is 5. The second-order valence-electron chi connectivity index (χ2n) is 8.46. The van der Waals surface area contributed by atoms with Crippen LogP contribution < -0.4 is 14.8 Å². The van der Waals surface area contributed by atoms with Crippen molar-refractivity contribution in [3.8, 4) is 11.5 Å². The molecule has 0 radical (unpaired) electrons. The van der Waals surface area contributed by atoms with Gasteiger partial charge in [-0.1, -0.05) is 24.3 Å². The summed E-state index contributed by atoms with van der Waals surface area (Å²) in [7, 11) is 5.00. The predicted octanol–water partition coefficient (Wildman–Crippen LogP) is 3.70. The van der Waals surface area contributed by atoms with Gasteiger partial charge in [0.05, 0.1) is 26.4 Å². The standard InChI is InChI=1S/C26H33N3O4/c1-31-15-14-29-18-22(21-6-4-5-7-23(21)29)26(30)27-20-10-12-28(13-11-20)17-19-8-9-24(32-2)25(16-19)33-3/h4-9,16,18,20H,10-15,17H2,1-3H3,(H,27,30). The highest BCUT2D eigenvalue weighted by molar-refractivity contribution is 6.07. The van der Waals surface area contributed by atoms with E-state index in [9.17, 15) is 4.79 Å². The fourth-order valence-electron chi connectivity index (χ4n) is 4.54. The molecular weight excluding hydrogens is 418 g/mol. The number of amides is 1. The molecule has 0 unspecified atom stereocenters. The molecule has 1 fully saturated rings. The zero-order chi connectivity index (χ0) is 23.2. The highest BCUT2D eigenvalue weighted by atomic mass is 16.5. The molecular formula is C26H33N3O4. The number of likely N-dealkylation sites (tertiary alicyclic amines) is 1. The fourth-order valence-corrected chi connectivity index (χ4v) is 4.54. The molecule has 3 aromatic rings. The molecule has 176 valence electrons. The molecule has 33 heavy (non-hydrogen) atoms. The molecule has 2 aromatic carbocycles. The minimum absolute atomic E-state index is 0.000655. The summed E-state index contributed by atoms with van der Waals surface area (Å²) < 4.78 is 18.1. The van der Waals surface area contributed by atoms with E-state index in [0.717, 1.165) is 67.0 Å². The summed E-state index contributed by atoms with van der Waals surface area (Å²) in [5.41, 5.74) is 2.98. The maximum atomic E-state index is 13.1. The van der Waals surface area contributed by atoms with Crippen LogP contribution in [-0.4, -0.2) is 62.4 Å². The van der Waals surface area contributed by atoms with Crippen LogP contribution in [0.2, 0.25) is 0 Å². The van der Waals surface area contributed by atoms with Crippen molar-refractivity contribution < 1.29 is 19.0 Å². The van der Waals surface area contributed by atoms with Crippen LogP contribution >= 0.6 is 0 Å². The summed E-state index contributed by atoms with van der Waals surface area (Å²) in [6.07, 6.45) is 3.81. The number of ether oxygens (including phenoxy) is 3. The summed E-state index contributed by atoms with van der Waals surface area (Å²) in [5, 5.41) is 4.25. The first-order valence-corrected chi connectivity index (χ1v) is 11.4. The minimum Gasteiger partial charge on any atom is -0.493 e. The predicted molar refractivity (Wildman–Crippen MR) is 129 cm³/mol. The van der Waals surface area contributed by atoms with Crippen LogP contribution in [-0.2, 0) is 17.8 Å². The monoisotopic (exact) mass is 451 g/mol. The van der Waals surface area contributed by atoms with Crippen molar-refractivity contribution in [2.24, 2.45) is 0 Å². The van der Waals surface area contributed by atoms with Gasteiger partial charge in [-0.2, -0.15) is 0 Å². The number of nitrogens with zero attached hydrogens (tertiary/aromatic N) is 2. The molecule has 0 atom stereocenters. The Kier molecular flexibility index (Phi) is 7.52. The van der Waals surface area contributed by atoms with Gasteiger partial charge < -0.3 is 24.1 Å². The average Bonchev–Trinajstić information content (AvgIpc) is 3.22. The number of aromatic nitrogens is 1. The van der Waals surface area contributed by atoms with Gasteiger partial charge in [-0.05, 0) is 36.6 Å². The van der Waals surface area contributed by atoms with Gasteiger partial charge in [-0.15, -0.1) is 0 Å². The summed E-state index contributed by atoms with van der Waals surface area (Å²) in [6, 6.07) is 14.3. The first kappa shape index (κ1) is 23.1. The lowest BCUT2D eigenvalue weighted by molar-refractivity contribution is 0.0910. The Labute approximate surface area is 195 Å². The number of carbonyl (C=O) groups is 1. The summed E-state index contributed by atoms with van der Waals surface area (Å²) in [4.78, 5) is 15.5. The zero-order valence-corrected chi connectivity index (χ0v) is 19.7. The van der Waals surface area contributed by atoms with Gasteiger partial charge >= 0.3 is 0 Å². The van der Waals surface area contributed by atoms with E-state index in [0.29, 0.717) is 6.61 Å². The van der Waals surface area contributed by atoms with Gasteiger partial charge in [0.15, 0.2) is 11.5 Å². The van der Waals surface area contributed by atoms with Crippen molar-refractivity contribution in [3.05, 3.63) is 59.8 Å². The number of carbonyl (C=O) groups excluding carboxylic acids is 1. The lowest BCUT2D eigenvalue weighted by Gasteiger charge is -2.32. The van der Waals surface area contributed by atoms with Crippen LogP contribution in [0.5, 0.6) is 11.5 Å².